The number of hydrogen-bond donors (Lipinski definition) is 0. The van der Waals surface area contributed by atoms with E-state index in [0.29, 0.717) is 33.9 Å². The fraction of sp³-hybridized carbons (Fsp3) is 0.154. The number of amides is 1. The summed E-state index contributed by atoms with van der Waals surface area (Å²) in [6.45, 7) is 1.73. The van der Waals surface area contributed by atoms with Crippen molar-refractivity contribution in [1.29, 1.82) is 0 Å². The van der Waals surface area contributed by atoms with Gasteiger partial charge < -0.3 is 8.83 Å². The van der Waals surface area contributed by atoms with Crippen molar-refractivity contribution in [2.75, 3.05) is 0 Å². The lowest BCUT2D eigenvalue weighted by Crippen LogP contribution is -2.34. The van der Waals surface area contributed by atoms with Crippen LogP contribution in [0.15, 0.2) is 92.2 Å². The molecule has 174 valence electrons. The van der Waals surface area contributed by atoms with Crippen LogP contribution in [0, 0.1) is 6.92 Å². The number of furan rings is 2. The number of carbonyl (C=O) groups excluding carboxylic acids is 1. The Labute approximate surface area is 203 Å². The summed E-state index contributed by atoms with van der Waals surface area (Å²) in [4.78, 5) is 32.9. The molecule has 9 heteroatoms. The first-order valence-electron chi connectivity index (χ1n) is 11.1. The number of aryl methyl sites for hydroxylation is 1. The molecule has 1 amide bonds. The van der Waals surface area contributed by atoms with Crippen LogP contribution in [0.25, 0.3) is 20.7 Å². The number of hydrazone groups is 1. The van der Waals surface area contributed by atoms with Gasteiger partial charge in [0.2, 0.25) is 0 Å². The Kier molecular flexibility index (Phi) is 5.18. The molecule has 0 aliphatic carbocycles. The van der Waals surface area contributed by atoms with Crippen LogP contribution in [0.5, 0.6) is 0 Å². The van der Waals surface area contributed by atoms with E-state index in [1.807, 2.05) is 43.3 Å². The fourth-order valence-electron chi connectivity index (χ4n) is 4.39. The number of benzene rings is 1. The number of carbonyl (C=O) groups is 1. The second kappa shape index (κ2) is 8.52. The van der Waals surface area contributed by atoms with Gasteiger partial charge in [0.05, 0.1) is 24.2 Å². The number of hydrogen-bond acceptors (Lipinski definition) is 7. The van der Waals surface area contributed by atoms with Crippen molar-refractivity contribution in [1.82, 2.24) is 14.6 Å². The third-order valence-electron chi connectivity index (χ3n) is 6.10. The molecule has 6 rings (SSSR count). The van der Waals surface area contributed by atoms with Gasteiger partial charge in [-0.05, 0) is 42.3 Å². The van der Waals surface area contributed by atoms with Gasteiger partial charge in [-0.3, -0.25) is 14.2 Å². The quantitative estimate of drug-likeness (QED) is 0.350. The Bertz CT molecular complexity index is 1600. The Morgan fingerprint density at radius 3 is 2.63 bits per heavy atom. The average Bonchev–Trinajstić information content (AvgIpc) is 3.67. The maximum atomic E-state index is 13.4. The standard InChI is InChI=1S/C26H20N4O4S/c1-16-23-25(35-24(16)17-7-3-2-4-8-17)27-15-29(26(23)32)14-22(31)30-19(21-10-6-12-34-21)13-18(28-30)20-9-5-11-33-20/h2-12,15,19H,13-14H2,1H3. The monoisotopic (exact) mass is 484 g/mol. The van der Waals surface area contributed by atoms with Crippen molar-refractivity contribution in [3.63, 3.8) is 0 Å². The van der Waals surface area contributed by atoms with Crippen LogP contribution in [0.3, 0.4) is 0 Å². The van der Waals surface area contributed by atoms with Crippen molar-refractivity contribution in [3.8, 4) is 10.4 Å². The summed E-state index contributed by atoms with van der Waals surface area (Å²) >= 11 is 1.48. The molecular formula is C26H20N4O4S. The Balaban J connectivity index is 1.34. The van der Waals surface area contributed by atoms with Crippen LogP contribution < -0.4 is 5.56 Å². The van der Waals surface area contributed by atoms with E-state index in [-0.39, 0.29) is 18.0 Å². The molecule has 0 N–H and O–H groups in total. The van der Waals surface area contributed by atoms with Gasteiger partial charge in [-0.1, -0.05) is 30.3 Å². The molecule has 0 spiro atoms. The van der Waals surface area contributed by atoms with E-state index < -0.39 is 6.04 Å². The Morgan fingerprint density at radius 2 is 1.89 bits per heavy atom. The van der Waals surface area contributed by atoms with Crippen molar-refractivity contribution < 1.29 is 13.6 Å². The van der Waals surface area contributed by atoms with E-state index in [9.17, 15) is 9.59 Å². The van der Waals surface area contributed by atoms with Crippen LogP contribution in [0.1, 0.15) is 29.5 Å². The highest BCUT2D eigenvalue weighted by Crippen LogP contribution is 2.36. The van der Waals surface area contributed by atoms with Gasteiger partial charge >= 0.3 is 0 Å². The van der Waals surface area contributed by atoms with Crippen LogP contribution in [-0.2, 0) is 11.3 Å². The predicted molar refractivity (Wildman–Crippen MR) is 132 cm³/mol. The molecule has 0 fully saturated rings. The lowest BCUT2D eigenvalue weighted by atomic mass is 10.1. The van der Waals surface area contributed by atoms with Crippen molar-refractivity contribution >= 4 is 33.2 Å². The minimum atomic E-state index is -0.419. The van der Waals surface area contributed by atoms with E-state index in [0.717, 1.165) is 16.0 Å². The molecule has 0 bridgehead atoms. The first-order chi connectivity index (χ1) is 17.1. The number of fused-ring (bicyclic) bond motifs is 1. The van der Waals surface area contributed by atoms with Gasteiger partial charge in [0.15, 0.2) is 0 Å². The van der Waals surface area contributed by atoms with Gasteiger partial charge in [-0.2, -0.15) is 5.10 Å². The first-order valence-corrected chi connectivity index (χ1v) is 11.9. The fourth-order valence-corrected chi connectivity index (χ4v) is 5.53. The second-order valence-electron chi connectivity index (χ2n) is 8.28. The van der Waals surface area contributed by atoms with E-state index >= 15 is 0 Å². The smallest absolute Gasteiger partial charge is 0.263 e. The van der Waals surface area contributed by atoms with Crippen LogP contribution in [-0.4, -0.2) is 26.2 Å². The molecule has 1 aromatic carbocycles. The van der Waals surface area contributed by atoms with E-state index in [1.165, 1.54) is 27.2 Å². The summed E-state index contributed by atoms with van der Waals surface area (Å²) in [5, 5.41) is 6.44. The zero-order chi connectivity index (χ0) is 23.9. The topological polar surface area (TPSA) is 93.8 Å². The van der Waals surface area contributed by atoms with Gasteiger partial charge in [0, 0.05) is 11.3 Å². The summed E-state index contributed by atoms with van der Waals surface area (Å²) < 4.78 is 12.4. The zero-order valence-electron chi connectivity index (χ0n) is 18.7. The van der Waals surface area contributed by atoms with Crippen molar-refractivity contribution in [3.05, 3.63) is 101 Å². The number of nitrogens with zero attached hydrogens (tertiary/aromatic N) is 4. The second-order valence-corrected chi connectivity index (χ2v) is 9.28. The van der Waals surface area contributed by atoms with Gasteiger partial charge in [-0.15, -0.1) is 11.3 Å². The lowest BCUT2D eigenvalue weighted by Gasteiger charge is -2.20. The lowest BCUT2D eigenvalue weighted by molar-refractivity contribution is -0.134. The highest BCUT2D eigenvalue weighted by atomic mass is 32.1. The predicted octanol–water partition coefficient (Wildman–Crippen LogP) is 5.00. The van der Waals surface area contributed by atoms with Crippen LogP contribution in [0.4, 0.5) is 0 Å². The molecular weight excluding hydrogens is 464 g/mol. The highest BCUT2D eigenvalue weighted by Gasteiger charge is 2.36. The van der Waals surface area contributed by atoms with Gasteiger partial charge in [0.1, 0.15) is 34.6 Å². The van der Waals surface area contributed by atoms with Gasteiger partial charge in [0.25, 0.3) is 11.5 Å². The minimum absolute atomic E-state index is 0.191. The number of rotatable bonds is 5. The van der Waals surface area contributed by atoms with Crippen molar-refractivity contribution in [2.45, 2.75) is 25.9 Å². The van der Waals surface area contributed by atoms with E-state index in [2.05, 4.69) is 10.1 Å². The molecule has 5 heterocycles. The van der Waals surface area contributed by atoms with Crippen molar-refractivity contribution in [2.24, 2.45) is 5.10 Å². The molecule has 0 saturated carbocycles. The third kappa shape index (κ3) is 3.70. The first kappa shape index (κ1) is 21.3. The van der Waals surface area contributed by atoms with Gasteiger partial charge in [-0.25, -0.2) is 9.99 Å². The molecule has 8 nitrogen and oxygen atoms in total. The minimum Gasteiger partial charge on any atom is -0.467 e. The zero-order valence-corrected chi connectivity index (χ0v) is 19.6. The molecule has 1 aliphatic rings. The molecule has 1 aliphatic heterocycles. The summed E-state index contributed by atoms with van der Waals surface area (Å²) in [5.74, 6) is 0.873. The Hall–Kier alpha value is -4.24. The maximum Gasteiger partial charge on any atom is 0.263 e. The largest absolute Gasteiger partial charge is 0.467 e. The van der Waals surface area contributed by atoms with E-state index in [1.54, 1.807) is 30.7 Å². The summed E-state index contributed by atoms with van der Waals surface area (Å²) in [6.07, 6.45) is 5.01. The normalized spacial score (nSPS) is 15.6. The Morgan fingerprint density at radius 1 is 1.09 bits per heavy atom. The molecule has 0 saturated heterocycles. The molecule has 1 unspecified atom stereocenters. The summed E-state index contributed by atoms with van der Waals surface area (Å²) in [7, 11) is 0. The van der Waals surface area contributed by atoms with E-state index in [4.69, 9.17) is 8.83 Å². The molecule has 5 aromatic rings. The average molecular weight is 485 g/mol. The number of thiophene rings is 1. The molecule has 0 radical (unpaired) electrons. The molecule has 4 aromatic heterocycles. The molecule has 1 atom stereocenters. The van der Waals surface area contributed by atoms with Crippen LogP contribution in [0.2, 0.25) is 0 Å². The van der Waals surface area contributed by atoms with Crippen LogP contribution >= 0.6 is 11.3 Å². The number of aromatic nitrogens is 2. The summed E-state index contributed by atoms with van der Waals surface area (Å²) in [5.41, 5.74) is 2.30. The summed E-state index contributed by atoms with van der Waals surface area (Å²) in [6, 6.07) is 16.6. The maximum absolute atomic E-state index is 13.4. The SMILES string of the molecule is Cc1c(-c2ccccc2)sc2ncn(CC(=O)N3N=C(c4ccco4)CC3c3ccco3)c(=O)c12. The third-order valence-corrected chi connectivity index (χ3v) is 7.35. The molecule has 35 heavy (non-hydrogen) atoms. The highest BCUT2D eigenvalue weighted by molar-refractivity contribution is 7.22.